The molecule has 0 saturated heterocycles. The van der Waals surface area contributed by atoms with Crippen LogP contribution < -0.4 is 5.32 Å². The molecule has 1 N–H and O–H groups in total. The predicted molar refractivity (Wildman–Crippen MR) is 60.4 cm³/mol. The number of hydrogen-bond donors (Lipinski definition) is 1. The number of rotatable bonds is 2. The zero-order valence-corrected chi connectivity index (χ0v) is 10.0. The van der Waals surface area contributed by atoms with Crippen molar-refractivity contribution in [1.82, 2.24) is 0 Å². The molecule has 0 unspecified atom stereocenters. The first-order valence-corrected chi connectivity index (χ1v) is 5.89. The number of alkyl halides is 3. The first-order valence-electron chi connectivity index (χ1n) is 5.10. The SMILES string of the molecule is FC(F)(F)c1cc(NC2CCC2)ccc1Br. The van der Waals surface area contributed by atoms with E-state index >= 15 is 0 Å². The molecular weight excluding hydrogens is 283 g/mol. The summed E-state index contributed by atoms with van der Waals surface area (Å²) in [6, 6.07) is 4.59. The summed E-state index contributed by atoms with van der Waals surface area (Å²) in [4.78, 5) is 0. The van der Waals surface area contributed by atoms with Gasteiger partial charge in [0.05, 0.1) is 5.56 Å². The monoisotopic (exact) mass is 293 g/mol. The van der Waals surface area contributed by atoms with Gasteiger partial charge < -0.3 is 5.32 Å². The Bertz CT molecular complexity index is 385. The van der Waals surface area contributed by atoms with E-state index in [2.05, 4.69) is 21.2 Å². The molecule has 0 atom stereocenters. The highest BCUT2D eigenvalue weighted by atomic mass is 79.9. The van der Waals surface area contributed by atoms with Gasteiger partial charge in [0.1, 0.15) is 0 Å². The fourth-order valence-corrected chi connectivity index (χ4v) is 2.09. The summed E-state index contributed by atoms with van der Waals surface area (Å²) >= 11 is 2.92. The second-order valence-electron chi connectivity index (χ2n) is 3.96. The Labute approximate surface area is 100 Å². The maximum Gasteiger partial charge on any atom is 0.417 e. The molecule has 1 aromatic carbocycles. The van der Waals surface area contributed by atoms with E-state index in [9.17, 15) is 13.2 Å². The average molecular weight is 294 g/mol. The molecule has 88 valence electrons. The van der Waals surface area contributed by atoms with Crippen LogP contribution in [0.5, 0.6) is 0 Å². The third kappa shape index (κ3) is 2.51. The van der Waals surface area contributed by atoms with Crippen molar-refractivity contribution >= 4 is 21.6 Å². The van der Waals surface area contributed by atoms with Crippen LogP contribution in [-0.4, -0.2) is 6.04 Å². The van der Waals surface area contributed by atoms with Crippen LogP contribution in [0.2, 0.25) is 0 Å². The van der Waals surface area contributed by atoms with E-state index in [4.69, 9.17) is 0 Å². The fourth-order valence-electron chi connectivity index (χ4n) is 1.62. The molecule has 0 radical (unpaired) electrons. The minimum atomic E-state index is -4.31. The second kappa shape index (κ2) is 4.28. The minimum Gasteiger partial charge on any atom is -0.382 e. The summed E-state index contributed by atoms with van der Waals surface area (Å²) in [5, 5.41) is 3.10. The number of halogens is 4. The van der Waals surface area contributed by atoms with E-state index in [0.717, 1.165) is 25.3 Å². The molecule has 1 saturated carbocycles. The van der Waals surface area contributed by atoms with Gasteiger partial charge in [0.25, 0.3) is 0 Å². The molecule has 0 spiro atoms. The van der Waals surface area contributed by atoms with Crippen molar-refractivity contribution in [3.05, 3.63) is 28.2 Å². The van der Waals surface area contributed by atoms with Crippen molar-refractivity contribution in [3.63, 3.8) is 0 Å². The molecule has 0 bridgehead atoms. The fraction of sp³-hybridized carbons (Fsp3) is 0.455. The third-order valence-corrected chi connectivity index (χ3v) is 3.44. The maximum absolute atomic E-state index is 12.6. The van der Waals surface area contributed by atoms with Gasteiger partial charge in [-0.2, -0.15) is 13.2 Å². The van der Waals surface area contributed by atoms with E-state index in [0.29, 0.717) is 11.7 Å². The quantitative estimate of drug-likeness (QED) is 0.850. The molecule has 0 aromatic heterocycles. The van der Waals surface area contributed by atoms with Crippen LogP contribution in [0.4, 0.5) is 18.9 Å². The molecule has 0 heterocycles. The van der Waals surface area contributed by atoms with Crippen LogP contribution in [-0.2, 0) is 6.18 Å². The van der Waals surface area contributed by atoms with Gasteiger partial charge in [0, 0.05) is 16.2 Å². The van der Waals surface area contributed by atoms with Gasteiger partial charge in [-0.1, -0.05) is 15.9 Å². The lowest BCUT2D eigenvalue weighted by Gasteiger charge is -2.27. The van der Waals surface area contributed by atoms with Crippen molar-refractivity contribution in [3.8, 4) is 0 Å². The second-order valence-corrected chi connectivity index (χ2v) is 4.82. The molecule has 1 aromatic rings. The Balaban J connectivity index is 2.20. The van der Waals surface area contributed by atoms with E-state index in [1.165, 1.54) is 6.07 Å². The Morgan fingerprint density at radius 2 is 1.94 bits per heavy atom. The van der Waals surface area contributed by atoms with E-state index in [1.54, 1.807) is 6.07 Å². The molecule has 1 nitrogen and oxygen atoms in total. The average Bonchev–Trinajstić information content (AvgIpc) is 2.12. The van der Waals surface area contributed by atoms with Crippen LogP contribution in [0.15, 0.2) is 22.7 Å². The zero-order valence-electron chi connectivity index (χ0n) is 8.44. The van der Waals surface area contributed by atoms with Crippen molar-refractivity contribution < 1.29 is 13.2 Å². The van der Waals surface area contributed by atoms with E-state index < -0.39 is 11.7 Å². The van der Waals surface area contributed by atoms with Crippen LogP contribution >= 0.6 is 15.9 Å². The lowest BCUT2D eigenvalue weighted by molar-refractivity contribution is -0.138. The molecule has 16 heavy (non-hydrogen) atoms. The van der Waals surface area contributed by atoms with Gasteiger partial charge in [0.15, 0.2) is 0 Å². The van der Waals surface area contributed by atoms with Crippen molar-refractivity contribution in [2.24, 2.45) is 0 Å². The van der Waals surface area contributed by atoms with Gasteiger partial charge in [-0.05, 0) is 37.5 Å². The maximum atomic E-state index is 12.6. The van der Waals surface area contributed by atoms with Crippen LogP contribution in [0.3, 0.4) is 0 Å². The first kappa shape index (κ1) is 11.8. The lowest BCUT2D eigenvalue weighted by atomic mass is 9.93. The Morgan fingerprint density at radius 1 is 1.25 bits per heavy atom. The van der Waals surface area contributed by atoms with Crippen molar-refractivity contribution in [1.29, 1.82) is 0 Å². The van der Waals surface area contributed by atoms with E-state index in [1.807, 2.05) is 0 Å². The highest BCUT2D eigenvalue weighted by Crippen LogP contribution is 2.37. The van der Waals surface area contributed by atoms with Gasteiger partial charge in [-0.25, -0.2) is 0 Å². The highest BCUT2D eigenvalue weighted by Gasteiger charge is 2.33. The number of nitrogens with one attached hydrogen (secondary N) is 1. The molecule has 5 heteroatoms. The normalized spacial score (nSPS) is 17.0. The molecule has 1 fully saturated rings. The lowest BCUT2D eigenvalue weighted by Crippen LogP contribution is -2.27. The number of hydrogen-bond acceptors (Lipinski definition) is 1. The summed E-state index contributed by atoms with van der Waals surface area (Å²) in [6.45, 7) is 0. The molecule has 0 amide bonds. The molecule has 1 aliphatic rings. The van der Waals surface area contributed by atoms with Gasteiger partial charge >= 0.3 is 6.18 Å². The summed E-state index contributed by atoms with van der Waals surface area (Å²) in [6.07, 6.45) is -1.08. The van der Waals surface area contributed by atoms with Crippen LogP contribution in [0.25, 0.3) is 0 Å². The molecule has 2 rings (SSSR count). The summed E-state index contributed by atoms with van der Waals surface area (Å²) in [5.74, 6) is 0. The Kier molecular flexibility index (Phi) is 3.15. The van der Waals surface area contributed by atoms with Gasteiger partial charge in [-0.15, -0.1) is 0 Å². The third-order valence-electron chi connectivity index (χ3n) is 2.75. The van der Waals surface area contributed by atoms with Crippen molar-refractivity contribution in [2.45, 2.75) is 31.5 Å². The van der Waals surface area contributed by atoms with Gasteiger partial charge in [0.2, 0.25) is 0 Å². The molecule has 1 aliphatic carbocycles. The van der Waals surface area contributed by atoms with E-state index in [-0.39, 0.29) is 4.47 Å². The zero-order chi connectivity index (χ0) is 11.8. The van der Waals surface area contributed by atoms with Crippen LogP contribution in [0, 0.1) is 0 Å². The predicted octanol–water partition coefficient (Wildman–Crippen LogP) is 4.43. The smallest absolute Gasteiger partial charge is 0.382 e. The first-order chi connectivity index (χ1) is 7.47. The molecule has 0 aliphatic heterocycles. The van der Waals surface area contributed by atoms with Crippen LogP contribution in [0.1, 0.15) is 24.8 Å². The summed E-state index contributed by atoms with van der Waals surface area (Å²) in [7, 11) is 0. The Hall–Kier alpha value is -0.710. The summed E-state index contributed by atoms with van der Waals surface area (Å²) < 4.78 is 37.9. The minimum absolute atomic E-state index is 0.0826. The largest absolute Gasteiger partial charge is 0.417 e. The topological polar surface area (TPSA) is 12.0 Å². The summed E-state index contributed by atoms with van der Waals surface area (Å²) in [5.41, 5.74) is -0.0861. The highest BCUT2D eigenvalue weighted by molar-refractivity contribution is 9.10. The van der Waals surface area contributed by atoms with Crippen molar-refractivity contribution in [2.75, 3.05) is 5.32 Å². The van der Waals surface area contributed by atoms with Gasteiger partial charge in [-0.3, -0.25) is 0 Å². The number of anilines is 1. The standard InChI is InChI=1S/C11H11BrF3N/c12-10-5-4-8(16-7-2-1-3-7)6-9(10)11(13,14)15/h4-7,16H,1-3H2. The number of benzene rings is 1. The molecular formula is C11H11BrF3N. The Morgan fingerprint density at radius 3 is 2.44 bits per heavy atom.